The first-order chi connectivity index (χ1) is 12.4. The van der Waals surface area contributed by atoms with Crippen LogP contribution in [0.25, 0.3) is 0 Å². The van der Waals surface area contributed by atoms with E-state index in [1.165, 1.54) is 11.8 Å². The number of hydrazone groups is 1. The van der Waals surface area contributed by atoms with Crippen molar-refractivity contribution in [2.45, 2.75) is 21.5 Å². The minimum absolute atomic E-state index is 0.322. The molecule has 0 aromatic heterocycles. The molecule has 2 aliphatic heterocycles. The lowest BCUT2D eigenvalue weighted by Gasteiger charge is -2.54. The standard InChI is InChI=1S/C13H15Cl3N4O6S/c1-5(21)19-18-2-12(11(24)25)3-20-7(22)6(8(20)27-10(12)17)9(23)26-4-13(14,15)16/h2,6,8,10H,3-4,17H2,1H3,(H,19,21)(H,24,25)/t6?,8-,10?,12?/m1/s1. The molecule has 27 heavy (non-hydrogen) atoms. The van der Waals surface area contributed by atoms with Gasteiger partial charge in [0.2, 0.25) is 15.6 Å². The van der Waals surface area contributed by atoms with E-state index in [9.17, 15) is 24.3 Å². The summed E-state index contributed by atoms with van der Waals surface area (Å²) in [5, 5.41) is 11.4. The number of rotatable bonds is 5. The second-order valence-electron chi connectivity index (χ2n) is 5.89. The zero-order valence-corrected chi connectivity index (χ0v) is 16.8. The third kappa shape index (κ3) is 4.60. The second kappa shape index (κ2) is 8.00. The SMILES string of the molecule is CC(=O)NN=CC1(C(=O)O)CN2C(=O)C(C(=O)OCC(Cl)(Cl)Cl)[C@H]2SC1N. The van der Waals surface area contributed by atoms with Crippen molar-refractivity contribution in [2.75, 3.05) is 13.2 Å². The molecule has 2 rings (SSSR count). The Bertz CT molecular complexity index is 702. The van der Waals surface area contributed by atoms with Gasteiger partial charge in [0.1, 0.15) is 17.4 Å². The number of carboxylic acids is 1. The van der Waals surface area contributed by atoms with Crippen LogP contribution < -0.4 is 11.2 Å². The summed E-state index contributed by atoms with van der Waals surface area (Å²) in [5.41, 5.74) is 6.34. The Morgan fingerprint density at radius 3 is 2.67 bits per heavy atom. The fourth-order valence-corrected chi connectivity index (χ4v) is 4.20. The number of alkyl halides is 3. The predicted molar refractivity (Wildman–Crippen MR) is 98.2 cm³/mol. The number of fused-ring (bicyclic) bond motifs is 1. The number of carbonyl (C=O) groups excluding carboxylic acids is 3. The van der Waals surface area contributed by atoms with Crippen molar-refractivity contribution in [1.82, 2.24) is 10.3 Å². The van der Waals surface area contributed by atoms with Crippen molar-refractivity contribution in [3.63, 3.8) is 0 Å². The summed E-state index contributed by atoms with van der Waals surface area (Å²) in [4.78, 5) is 48.3. The number of ether oxygens (including phenoxy) is 1. The van der Waals surface area contributed by atoms with Gasteiger partial charge in [0.15, 0.2) is 5.92 Å². The van der Waals surface area contributed by atoms with Crippen LogP contribution in [0.5, 0.6) is 0 Å². The Morgan fingerprint density at radius 2 is 2.15 bits per heavy atom. The third-order valence-electron chi connectivity index (χ3n) is 3.91. The van der Waals surface area contributed by atoms with Crippen molar-refractivity contribution < 1.29 is 29.0 Å². The molecule has 0 aliphatic carbocycles. The summed E-state index contributed by atoms with van der Waals surface area (Å²) in [6.45, 7) is 0.340. The van der Waals surface area contributed by atoms with Crippen LogP contribution >= 0.6 is 46.6 Å². The number of halogens is 3. The zero-order chi connectivity index (χ0) is 20.6. The molecule has 2 fully saturated rings. The number of thioether (sulfide) groups is 1. The fraction of sp³-hybridized carbons (Fsp3) is 0.615. The van der Waals surface area contributed by atoms with Crippen molar-refractivity contribution >= 4 is 76.5 Å². The van der Waals surface area contributed by atoms with E-state index in [4.69, 9.17) is 45.3 Å². The van der Waals surface area contributed by atoms with Gasteiger partial charge in [-0.25, -0.2) is 5.43 Å². The van der Waals surface area contributed by atoms with E-state index in [1.807, 2.05) is 0 Å². The normalized spacial score (nSPS) is 30.5. The van der Waals surface area contributed by atoms with Crippen molar-refractivity contribution in [2.24, 2.45) is 22.2 Å². The van der Waals surface area contributed by atoms with Crippen LogP contribution in [0.15, 0.2) is 5.10 Å². The average Bonchev–Trinajstić information content (AvgIpc) is 2.53. The van der Waals surface area contributed by atoms with Crippen molar-refractivity contribution in [1.29, 1.82) is 0 Å². The number of amides is 2. The summed E-state index contributed by atoms with van der Waals surface area (Å²) in [6, 6.07) is 0. The van der Waals surface area contributed by atoms with Crippen LogP contribution in [0.1, 0.15) is 6.92 Å². The molecule has 0 radical (unpaired) electrons. The zero-order valence-electron chi connectivity index (χ0n) is 13.7. The van der Waals surface area contributed by atoms with Crippen molar-refractivity contribution in [3.8, 4) is 0 Å². The Labute approximate surface area is 172 Å². The number of β-lactam (4-membered cyclic amide) rings is 1. The minimum atomic E-state index is -1.82. The molecule has 2 heterocycles. The summed E-state index contributed by atoms with van der Waals surface area (Å²) in [7, 11) is 0. The molecule has 2 saturated heterocycles. The van der Waals surface area contributed by atoms with E-state index in [-0.39, 0.29) is 6.54 Å². The molecule has 0 aromatic rings. The van der Waals surface area contributed by atoms with Crippen LogP contribution in [0.3, 0.4) is 0 Å². The average molecular weight is 462 g/mol. The van der Waals surface area contributed by atoms with E-state index >= 15 is 0 Å². The maximum atomic E-state index is 12.3. The molecule has 14 heteroatoms. The topological polar surface area (TPSA) is 151 Å². The summed E-state index contributed by atoms with van der Waals surface area (Å²) < 4.78 is 3.01. The lowest BCUT2D eigenvalue weighted by Crippen LogP contribution is -2.72. The highest BCUT2D eigenvalue weighted by atomic mass is 35.6. The molecule has 4 atom stereocenters. The number of nitrogens with two attached hydrogens (primary N) is 1. The van der Waals surface area contributed by atoms with Crippen molar-refractivity contribution in [3.05, 3.63) is 0 Å². The van der Waals surface area contributed by atoms with Gasteiger partial charge in [-0.1, -0.05) is 34.8 Å². The second-order valence-corrected chi connectivity index (χ2v) is 9.66. The van der Waals surface area contributed by atoms with E-state index in [2.05, 4.69) is 10.5 Å². The van der Waals surface area contributed by atoms with E-state index in [1.54, 1.807) is 0 Å². The van der Waals surface area contributed by atoms with Gasteiger partial charge >= 0.3 is 11.9 Å². The van der Waals surface area contributed by atoms with Crippen LogP contribution in [-0.4, -0.2) is 67.7 Å². The van der Waals surface area contributed by atoms with E-state index in [0.717, 1.165) is 18.0 Å². The molecule has 150 valence electrons. The number of carboxylic acid groups (broad SMARTS) is 1. The number of hydrogen-bond donors (Lipinski definition) is 3. The monoisotopic (exact) mass is 460 g/mol. The number of aliphatic carboxylic acids is 1. The predicted octanol–water partition coefficient (Wildman–Crippen LogP) is -0.0912. The summed E-state index contributed by atoms with van der Waals surface area (Å²) >= 11 is 17.4. The summed E-state index contributed by atoms with van der Waals surface area (Å²) in [6.07, 6.45) is 0.979. The summed E-state index contributed by atoms with van der Waals surface area (Å²) in [5.74, 6) is -4.52. The molecule has 4 N–H and O–H groups in total. The van der Waals surface area contributed by atoms with Crippen LogP contribution in [-0.2, 0) is 23.9 Å². The largest absolute Gasteiger partial charge is 0.480 e. The van der Waals surface area contributed by atoms with Gasteiger partial charge < -0.3 is 20.5 Å². The molecule has 0 bridgehead atoms. The number of carbonyl (C=O) groups is 4. The molecule has 0 spiro atoms. The van der Waals surface area contributed by atoms with Gasteiger partial charge in [-0.15, -0.1) is 11.8 Å². The molecule has 0 saturated carbocycles. The first-order valence-corrected chi connectivity index (χ1v) is 9.46. The minimum Gasteiger partial charge on any atom is -0.480 e. The smallest absolute Gasteiger partial charge is 0.321 e. The highest BCUT2D eigenvalue weighted by molar-refractivity contribution is 8.00. The lowest BCUT2D eigenvalue weighted by molar-refractivity contribution is -0.171. The van der Waals surface area contributed by atoms with Gasteiger partial charge in [-0.2, -0.15) is 5.10 Å². The van der Waals surface area contributed by atoms with E-state index < -0.39 is 56.2 Å². The molecule has 2 aliphatic rings. The number of hydrogen-bond acceptors (Lipinski definition) is 8. The maximum absolute atomic E-state index is 12.3. The number of esters is 1. The van der Waals surface area contributed by atoms with Gasteiger partial charge in [0.25, 0.3) is 0 Å². The molecule has 3 unspecified atom stereocenters. The van der Waals surface area contributed by atoms with Gasteiger partial charge in [-0.05, 0) is 0 Å². The number of nitrogens with zero attached hydrogens (tertiary/aromatic N) is 2. The Hall–Kier alpha value is -1.27. The molecular formula is C13H15Cl3N4O6S. The van der Waals surface area contributed by atoms with Crippen LogP contribution in [0.4, 0.5) is 0 Å². The van der Waals surface area contributed by atoms with Crippen LogP contribution in [0.2, 0.25) is 0 Å². The lowest BCUT2D eigenvalue weighted by atomic mass is 9.84. The quantitative estimate of drug-likeness (QED) is 0.128. The maximum Gasteiger partial charge on any atom is 0.321 e. The molecule has 0 aromatic carbocycles. The number of nitrogens with one attached hydrogen (secondary N) is 1. The molecular weight excluding hydrogens is 447 g/mol. The van der Waals surface area contributed by atoms with Crippen LogP contribution in [0, 0.1) is 11.3 Å². The third-order valence-corrected chi connectivity index (χ3v) is 5.76. The highest BCUT2D eigenvalue weighted by Gasteiger charge is 2.62. The van der Waals surface area contributed by atoms with Gasteiger partial charge in [0, 0.05) is 19.7 Å². The first-order valence-electron chi connectivity index (χ1n) is 7.38. The fourth-order valence-electron chi connectivity index (χ4n) is 2.54. The molecule has 2 amide bonds. The first kappa shape index (κ1) is 22.0. The van der Waals surface area contributed by atoms with Gasteiger partial charge in [0.05, 0.1) is 5.37 Å². The Kier molecular flexibility index (Phi) is 6.52. The Morgan fingerprint density at radius 1 is 1.52 bits per heavy atom. The highest BCUT2D eigenvalue weighted by Crippen LogP contribution is 2.47. The Balaban J connectivity index is 2.14. The van der Waals surface area contributed by atoms with Gasteiger partial charge in [-0.3, -0.25) is 19.2 Å². The van der Waals surface area contributed by atoms with E-state index in [0.29, 0.717) is 0 Å². The molecule has 10 nitrogen and oxygen atoms in total.